The minimum absolute atomic E-state index is 0.0312. The molecule has 0 aliphatic carbocycles. The van der Waals surface area contributed by atoms with E-state index in [1.54, 1.807) is 42.5 Å². The highest BCUT2D eigenvalue weighted by molar-refractivity contribution is 5.80. The van der Waals surface area contributed by atoms with Crippen molar-refractivity contribution < 1.29 is 19.7 Å². The maximum absolute atomic E-state index is 12.0. The highest BCUT2D eigenvalue weighted by Gasteiger charge is 2.45. The fourth-order valence-corrected chi connectivity index (χ4v) is 2.28. The Hall–Kier alpha value is -2.17. The van der Waals surface area contributed by atoms with E-state index < -0.39 is 17.7 Å². The van der Waals surface area contributed by atoms with Gasteiger partial charge in [-0.15, -0.1) is 0 Å². The highest BCUT2D eigenvalue weighted by atomic mass is 16.5. The molecule has 2 N–H and O–H groups in total. The Kier molecular flexibility index (Phi) is 4.73. The zero-order valence-corrected chi connectivity index (χ0v) is 11.8. The van der Waals surface area contributed by atoms with Crippen molar-refractivity contribution in [1.29, 1.82) is 0 Å². The minimum Gasteiger partial charge on any atom is -0.467 e. The van der Waals surface area contributed by atoms with Crippen LogP contribution in [0.2, 0.25) is 0 Å². The molecule has 110 valence electrons. The van der Waals surface area contributed by atoms with Crippen LogP contribution < -0.4 is 0 Å². The molecule has 21 heavy (non-hydrogen) atoms. The van der Waals surface area contributed by atoms with Crippen LogP contribution in [0, 0.1) is 0 Å². The van der Waals surface area contributed by atoms with Gasteiger partial charge >= 0.3 is 5.97 Å². The predicted octanol–water partition coefficient (Wildman–Crippen LogP) is 1.87. The molecule has 0 unspecified atom stereocenters. The van der Waals surface area contributed by atoms with Crippen molar-refractivity contribution >= 4 is 5.97 Å². The summed E-state index contributed by atoms with van der Waals surface area (Å²) >= 11 is 0. The number of carbonyl (C=O) groups is 1. The molecule has 2 aromatic rings. The fourth-order valence-electron chi connectivity index (χ4n) is 2.28. The molecule has 2 atom stereocenters. The first-order valence-corrected chi connectivity index (χ1v) is 6.65. The molecule has 0 saturated carbocycles. The van der Waals surface area contributed by atoms with Crippen LogP contribution in [0.25, 0.3) is 0 Å². The van der Waals surface area contributed by atoms with Gasteiger partial charge in [0.25, 0.3) is 0 Å². The molecule has 0 radical (unpaired) electrons. The van der Waals surface area contributed by atoms with Gasteiger partial charge in [0, 0.05) is 6.42 Å². The Bertz CT molecular complexity index is 582. The van der Waals surface area contributed by atoms with Gasteiger partial charge in [-0.05, 0) is 11.1 Å². The number of benzene rings is 2. The SMILES string of the molecule is COC(=O)[C@@](O)(Cc1ccccc1)[C@@H](O)c1ccccc1. The zero-order chi connectivity index (χ0) is 15.3. The van der Waals surface area contributed by atoms with E-state index in [2.05, 4.69) is 4.74 Å². The second kappa shape index (κ2) is 6.52. The standard InChI is InChI=1S/C17H18O4/c1-21-16(19)17(20,12-13-8-4-2-5-9-13)15(18)14-10-6-3-7-11-14/h2-11,15,18,20H,12H2,1H3/t15-,17+/m0/s1. The molecule has 2 aromatic carbocycles. The quantitative estimate of drug-likeness (QED) is 0.823. The number of rotatable bonds is 5. The van der Waals surface area contributed by atoms with Crippen molar-refractivity contribution in [3.63, 3.8) is 0 Å². The van der Waals surface area contributed by atoms with Crippen LogP contribution in [-0.2, 0) is 16.0 Å². The molecule has 0 amide bonds. The van der Waals surface area contributed by atoms with E-state index in [-0.39, 0.29) is 6.42 Å². The Balaban J connectivity index is 2.35. The van der Waals surface area contributed by atoms with E-state index in [4.69, 9.17) is 0 Å². The smallest absolute Gasteiger partial charge is 0.341 e. The predicted molar refractivity (Wildman–Crippen MR) is 78.5 cm³/mol. The van der Waals surface area contributed by atoms with Crippen LogP contribution in [0.1, 0.15) is 17.2 Å². The Morgan fingerprint density at radius 2 is 1.62 bits per heavy atom. The van der Waals surface area contributed by atoms with Gasteiger partial charge in [-0.2, -0.15) is 0 Å². The van der Waals surface area contributed by atoms with E-state index in [0.717, 1.165) is 5.56 Å². The number of hydrogen-bond donors (Lipinski definition) is 2. The monoisotopic (exact) mass is 286 g/mol. The first-order chi connectivity index (χ1) is 10.1. The van der Waals surface area contributed by atoms with Crippen molar-refractivity contribution in [3.05, 3.63) is 71.8 Å². The summed E-state index contributed by atoms with van der Waals surface area (Å²) in [6.45, 7) is 0. The van der Waals surface area contributed by atoms with E-state index in [0.29, 0.717) is 5.56 Å². The first-order valence-electron chi connectivity index (χ1n) is 6.65. The molecule has 4 nitrogen and oxygen atoms in total. The fraction of sp³-hybridized carbons (Fsp3) is 0.235. The molecular weight excluding hydrogens is 268 g/mol. The average Bonchev–Trinajstić information content (AvgIpc) is 2.55. The van der Waals surface area contributed by atoms with E-state index in [9.17, 15) is 15.0 Å². The largest absolute Gasteiger partial charge is 0.467 e. The third kappa shape index (κ3) is 3.29. The number of ether oxygens (including phenoxy) is 1. The maximum atomic E-state index is 12.0. The normalized spacial score (nSPS) is 15.0. The van der Waals surface area contributed by atoms with E-state index in [1.165, 1.54) is 7.11 Å². The molecule has 2 rings (SSSR count). The number of methoxy groups -OCH3 is 1. The number of esters is 1. The lowest BCUT2D eigenvalue weighted by Crippen LogP contribution is -2.47. The van der Waals surface area contributed by atoms with Gasteiger partial charge in [-0.3, -0.25) is 0 Å². The summed E-state index contributed by atoms with van der Waals surface area (Å²) in [6.07, 6.45) is -1.40. The Morgan fingerprint density at radius 1 is 1.10 bits per heavy atom. The molecule has 4 heteroatoms. The summed E-state index contributed by atoms with van der Waals surface area (Å²) in [6, 6.07) is 17.6. The van der Waals surface area contributed by atoms with Gasteiger partial charge in [0.15, 0.2) is 5.60 Å². The third-order valence-corrected chi connectivity index (χ3v) is 3.42. The van der Waals surface area contributed by atoms with E-state index >= 15 is 0 Å². The van der Waals surface area contributed by atoms with Gasteiger partial charge in [0.05, 0.1) is 7.11 Å². The third-order valence-electron chi connectivity index (χ3n) is 3.42. The molecule has 0 bridgehead atoms. The van der Waals surface area contributed by atoms with Gasteiger partial charge in [-0.1, -0.05) is 60.7 Å². The molecule has 0 aliphatic heterocycles. The lowest BCUT2D eigenvalue weighted by Gasteiger charge is -2.30. The van der Waals surface area contributed by atoms with Crippen molar-refractivity contribution in [2.24, 2.45) is 0 Å². The van der Waals surface area contributed by atoms with Gasteiger partial charge in [0.2, 0.25) is 0 Å². The van der Waals surface area contributed by atoms with Crippen LogP contribution in [0.3, 0.4) is 0 Å². The number of aliphatic hydroxyl groups excluding tert-OH is 1. The van der Waals surface area contributed by atoms with Crippen LogP contribution in [0.15, 0.2) is 60.7 Å². The zero-order valence-electron chi connectivity index (χ0n) is 11.8. The van der Waals surface area contributed by atoms with E-state index in [1.807, 2.05) is 18.2 Å². The summed E-state index contributed by atoms with van der Waals surface area (Å²) in [5, 5.41) is 21.2. The molecular formula is C17H18O4. The second-order valence-electron chi connectivity index (χ2n) is 4.89. The number of carbonyl (C=O) groups excluding carboxylic acids is 1. The Morgan fingerprint density at radius 3 is 2.14 bits per heavy atom. The Labute approximate surface area is 123 Å². The minimum atomic E-state index is -2.03. The van der Waals surface area contributed by atoms with Crippen LogP contribution in [0.4, 0.5) is 0 Å². The molecule has 0 saturated heterocycles. The molecule has 0 fully saturated rings. The second-order valence-corrected chi connectivity index (χ2v) is 4.89. The number of hydrogen-bond acceptors (Lipinski definition) is 4. The molecule has 0 spiro atoms. The van der Waals surface area contributed by atoms with Crippen molar-refractivity contribution in [3.8, 4) is 0 Å². The lowest BCUT2D eigenvalue weighted by molar-refractivity contribution is -0.176. The van der Waals surface area contributed by atoms with Gasteiger partial charge in [-0.25, -0.2) is 4.79 Å². The lowest BCUT2D eigenvalue weighted by atomic mass is 9.85. The summed E-state index contributed by atoms with van der Waals surface area (Å²) in [7, 11) is 1.19. The van der Waals surface area contributed by atoms with Gasteiger partial charge in [0.1, 0.15) is 6.10 Å². The van der Waals surface area contributed by atoms with Crippen molar-refractivity contribution in [2.75, 3.05) is 7.11 Å². The van der Waals surface area contributed by atoms with Crippen molar-refractivity contribution in [2.45, 2.75) is 18.1 Å². The van der Waals surface area contributed by atoms with Gasteiger partial charge < -0.3 is 14.9 Å². The van der Waals surface area contributed by atoms with Crippen molar-refractivity contribution in [1.82, 2.24) is 0 Å². The summed E-state index contributed by atoms with van der Waals surface area (Å²) in [5.41, 5.74) is -0.834. The summed E-state index contributed by atoms with van der Waals surface area (Å²) in [5.74, 6) is -0.859. The molecule has 0 aromatic heterocycles. The molecule has 0 aliphatic rings. The highest BCUT2D eigenvalue weighted by Crippen LogP contribution is 2.30. The average molecular weight is 286 g/mol. The van der Waals surface area contributed by atoms with Crippen LogP contribution in [-0.4, -0.2) is 28.9 Å². The summed E-state index contributed by atoms with van der Waals surface area (Å²) in [4.78, 5) is 12.0. The number of aliphatic hydroxyl groups is 2. The topological polar surface area (TPSA) is 66.8 Å². The van der Waals surface area contributed by atoms with Crippen LogP contribution >= 0.6 is 0 Å². The van der Waals surface area contributed by atoms with Crippen LogP contribution in [0.5, 0.6) is 0 Å². The molecule has 0 heterocycles. The first kappa shape index (κ1) is 15.2. The maximum Gasteiger partial charge on any atom is 0.341 e. The summed E-state index contributed by atoms with van der Waals surface area (Å²) < 4.78 is 4.68.